The molecule has 0 amide bonds. The zero-order chi connectivity index (χ0) is 6.69. The highest BCUT2D eigenvalue weighted by atomic mass is 15.1. The number of nitrogen functional groups attached to an aromatic ring is 1. The van der Waals surface area contributed by atoms with Crippen LogP contribution in [0.2, 0.25) is 0 Å². The largest absolute Gasteiger partial charge is 0.396 e. The second-order valence-electron chi connectivity index (χ2n) is 1.61. The molecule has 0 bridgehead atoms. The molecule has 4 heteroatoms. The second-order valence-corrected chi connectivity index (χ2v) is 1.61. The molecule has 0 atom stereocenters. The number of nitrogens with zero attached hydrogens (tertiary/aromatic N) is 2. The molecule has 3 N–H and O–H groups in total. The highest BCUT2D eigenvalue weighted by molar-refractivity contribution is 5.62. The monoisotopic (exact) mass is 124 g/mol. The number of hydrogen-bond acceptors (Lipinski definition) is 4. The molecule has 1 aromatic rings. The third-order valence-electron chi connectivity index (χ3n) is 1.03. The molecule has 1 heterocycles. The summed E-state index contributed by atoms with van der Waals surface area (Å²) in [5.74, 6) is 0. The van der Waals surface area contributed by atoms with E-state index in [1.165, 1.54) is 6.20 Å². The van der Waals surface area contributed by atoms with Gasteiger partial charge >= 0.3 is 0 Å². The Labute approximate surface area is 53.1 Å². The Morgan fingerprint density at radius 2 is 2.11 bits per heavy atom. The lowest BCUT2D eigenvalue weighted by molar-refractivity contribution is 1.03. The van der Waals surface area contributed by atoms with Gasteiger partial charge in [0.15, 0.2) is 0 Å². The van der Waals surface area contributed by atoms with Crippen LogP contribution in [0.15, 0.2) is 12.4 Å². The van der Waals surface area contributed by atoms with Gasteiger partial charge in [0.1, 0.15) is 0 Å². The summed E-state index contributed by atoms with van der Waals surface area (Å²) >= 11 is 0. The molecule has 0 aliphatic rings. The molecular formula is C5H8N4. The maximum absolute atomic E-state index is 5.47. The molecule has 0 aliphatic carbocycles. The predicted octanol–water partition coefficient (Wildman–Crippen LogP) is 0.100. The smallest absolute Gasteiger partial charge is 0.0792 e. The van der Waals surface area contributed by atoms with Gasteiger partial charge in [-0.1, -0.05) is 0 Å². The number of nitrogens with two attached hydrogens (primary N) is 1. The normalized spacial score (nSPS) is 9.00. The third-order valence-corrected chi connectivity index (χ3v) is 1.03. The Kier molecular flexibility index (Phi) is 1.48. The summed E-state index contributed by atoms with van der Waals surface area (Å²) in [7, 11) is 1.79. The van der Waals surface area contributed by atoms with Gasteiger partial charge < -0.3 is 11.1 Å². The van der Waals surface area contributed by atoms with E-state index < -0.39 is 0 Å². The van der Waals surface area contributed by atoms with Crippen molar-refractivity contribution in [1.29, 1.82) is 0 Å². The molecule has 1 rings (SSSR count). The highest BCUT2D eigenvalue weighted by Crippen LogP contribution is 2.11. The van der Waals surface area contributed by atoms with E-state index in [0.717, 1.165) is 5.69 Å². The van der Waals surface area contributed by atoms with Crippen LogP contribution < -0.4 is 11.1 Å². The molecule has 0 aliphatic heterocycles. The van der Waals surface area contributed by atoms with Crippen molar-refractivity contribution in [2.75, 3.05) is 18.1 Å². The van der Waals surface area contributed by atoms with Crippen LogP contribution in [0, 0.1) is 0 Å². The van der Waals surface area contributed by atoms with Crippen molar-refractivity contribution in [3.63, 3.8) is 0 Å². The topological polar surface area (TPSA) is 63.8 Å². The van der Waals surface area contributed by atoms with Crippen LogP contribution >= 0.6 is 0 Å². The van der Waals surface area contributed by atoms with Gasteiger partial charge in [0.25, 0.3) is 0 Å². The first-order chi connectivity index (χ1) is 4.34. The summed E-state index contributed by atoms with van der Waals surface area (Å²) in [6.45, 7) is 0. The molecule has 0 saturated carbocycles. The van der Waals surface area contributed by atoms with Crippen LogP contribution in [0.1, 0.15) is 0 Å². The van der Waals surface area contributed by atoms with Crippen molar-refractivity contribution >= 4 is 11.4 Å². The predicted molar refractivity (Wildman–Crippen MR) is 36.0 cm³/mol. The summed E-state index contributed by atoms with van der Waals surface area (Å²) in [5.41, 5.74) is 6.89. The first-order valence-corrected chi connectivity index (χ1v) is 2.58. The summed E-state index contributed by atoms with van der Waals surface area (Å²) in [5, 5.41) is 10.1. The molecule has 0 aromatic carbocycles. The molecular weight excluding hydrogens is 116 g/mol. The summed E-state index contributed by atoms with van der Waals surface area (Å²) in [6, 6.07) is 0. The van der Waals surface area contributed by atoms with Gasteiger partial charge in [-0.3, -0.25) is 0 Å². The molecule has 0 unspecified atom stereocenters. The summed E-state index contributed by atoms with van der Waals surface area (Å²) in [6.07, 6.45) is 3.08. The minimum Gasteiger partial charge on any atom is -0.396 e. The number of hydrogen-bond donors (Lipinski definition) is 2. The lowest BCUT2D eigenvalue weighted by Crippen LogP contribution is -1.96. The van der Waals surface area contributed by atoms with Crippen LogP contribution in [-0.4, -0.2) is 17.2 Å². The van der Waals surface area contributed by atoms with Crippen molar-refractivity contribution in [2.24, 2.45) is 0 Å². The standard InChI is InChI=1S/C5H8N4/c1-7-5-3-9-8-2-4(5)6/h2-3H,1H3,(H2,6,9)(H,7,8). The molecule has 9 heavy (non-hydrogen) atoms. The van der Waals surface area contributed by atoms with E-state index in [9.17, 15) is 0 Å². The van der Waals surface area contributed by atoms with Crippen LogP contribution in [0.4, 0.5) is 11.4 Å². The molecule has 0 saturated heterocycles. The minimum atomic E-state index is 0.618. The summed E-state index contributed by atoms with van der Waals surface area (Å²) in [4.78, 5) is 0. The van der Waals surface area contributed by atoms with Crippen LogP contribution in [0.25, 0.3) is 0 Å². The Morgan fingerprint density at radius 3 is 2.56 bits per heavy atom. The van der Waals surface area contributed by atoms with E-state index in [1.54, 1.807) is 13.2 Å². The Bertz CT molecular complexity index is 198. The van der Waals surface area contributed by atoms with Crippen molar-refractivity contribution in [2.45, 2.75) is 0 Å². The van der Waals surface area contributed by atoms with Gasteiger partial charge in [-0.2, -0.15) is 10.2 Å². The van der Waals surface area contributed by atoms with Crippen LogP contribution in [0.5, 0.6) is 0 Å². The zero-order valence-corrected chi connectivity index (χ0v) is 5.13. The Morgan fingerprint density at radius 1 is 1.44 bits per heavy atom. The fourth-order valence-corrected chi connectivity index (χ4v) is 0.540. The van der Waals surface area contributed by atoms with E-state index in [-0.39, 0.29) is 0 Å². The molecule has 1 aromatic heterocycles. The van der Waals surface area contributed by atoms with Gasteiger partial charge in [-0.05, 0) is 0 Å². The van der Waals surface area contributed by atoms with E-state index in [1.807, 2.05) is 0 Å². The SMILES string of the molecule is CNc1cnncc1N. The molecule has 0 spiro atoms. The van der Waals surface area contributed by atoms with E-state index in [4.69, 9.17) is 5.73 Å². The molecule has 0 radical (unpaired) electrons. The lowest BCUT2D eigenvalue weighted by Gasteiger charge is -1.99. The van der Waals surface area contributed by atoms with Crippen molar-refractivity contribution in [3.8, 4) is 0 Å². The number of nitrogens with one attached hydrogen (secondary N) is 1. The Balaban J connectivity index is 3.01. The molecule has 48 valence electrons. The first kappa shape index (κ1) is 5.81. The van der Waals surface area contributed by atoms with Gasteiger partial charge in [0.2, 0.25) is 0 Å². The average molecular weight is 124 g/mol. The van der Waals surface area contributed by atoms with Gasteiger partial charge in [0.05, 0.1) is 23.8 Å². The van der Waals surface area contributed by atoms with Crippen molar-refractivity contribution in [3.05, 3.63) is 12.4 Å². The maximum Gasteiger partial charge on any atom is 0.0792 e. The summed E-state index contributed by atoms with van der Waals surface area (Å²) < 4.78 is 0. The van der Waals surface area contributed by atoms with E-state index in [2.05, 4.69) is 15.5 Å². The van der Waals surface area contributed by atoms with Crippen LogP contribution in [0.3, 0.4) is 0 Å². The van der Waals surface area contributed by atoms with Gasteiger partial charge in [-0.25, -0.2) is 0 Å². The second kappa shape index (κ2) is 2.30. The fraction of sp³-hybridized carbons (Fsp3) is 0.200. The van der Waals surface area contributed by atoms with Crippen LogP contribution in [-0.2, 0) is 0 Å². The molecule has 0 fully saturated rings. The van der Waals surface area contributed by atoms with Crippen molar-refractivity contribution < 1.29 is 0 Å². The van der Waals surface area contributed by atoms with Gasteiger partial charge in [-0.15, -0.1) is 0 Å². The number of anilines is 2. The van der Waals surface area contributed by atoms with Crippen molar-refractivity contribution in [1.82, 2.24) is 10.2 Å². The third kappa shape index (κ3) is 1.07. The number of rotatable bonds is 1. The quantitative estimate of drug-likeness (QED) is 0.557. The van der Waals surface area contributed by atoms with E-state index >= 15 is 0 Å². The van der Waals surface area contributed by atoms with E-state index in [0.29, 0.717) is 5.69 Å². The minimum absolute atomic E-state index is 0.618. The lowest BCUT2D eigenvalue weighted by atomic mass is 10.4. The fourth-order valence-electron chi connectivity index (χ4n) is 0.540. The maximum atomic E-state index is 5.47. The highest BCUT2D eigenvalue weighted by Gasteiger charge is 1.91. The Hall–Kier alpha value is -1.32. The zero-order valence-electron chi connectivity index (χ0n) is 5.13. The number of aromatic nitrogens is 2. The average Bonchev–Trinajstić information content (AvgIpc) is 1.89. The molecule has 4 nitrogen and oxygen atoms in total. The first-order valence-electron chi connectivity index (χ1n) is 2.58. The van der Waals surface area contributed by atoms with Gasteiger partial charge in [0, 0.05) is 7.05 Å².